The van der Waals surface area contributed by atoms with Crippen LogP contribution in [0.4, 0.5) is 0 Å². The van der Waals surface area contributed by atoms with Crippen LogP contribution < -0.4 is 10.1 Å². The van der Waals surface area contributed by atoms with Crippen molar-refractivity contribution in [3.8, 4) is 5.75 Å². The van der Waals surface area contributed by atoms with E-state index < -0.39 is 6.10 Å². The molecule has 0 saturated carbocycles. The number of carbonyl (C=O) groups excluding carboxylic acids is 1. The molecule has 3 nitrogen and oxygen atoms in total. The van der Waals surface area contributed by atoms with E-state index in [1.807, 2.05) is 32.0 Å². The van der Waals surface area contributed by atoms with Gasteiger partial charge < -0.3 is 10.1 Å². The standard InChI is InChI=1S/C21H27NO2/c1-15-8-11-19(12-9-15)6-5-13-22-21(23)18(4)24-20-14-16(2)7-10-17(20)3/h7-12,14,18H,5-6,13H2,1-4H3,(H,22,23). The minimum absolute atomic E-state index is 0.0696. The molecule has 0 aliphatic heterocycles. The summed E-state index contributed by atoms with van der Waals surface area (Å²) >= 11 is 0. The first-order chi connectivity index (χ1) is 11.5. The van der Waals surface area contributed by atoms with Gasteiger partial charge in [-0.1, -0.05) is 42.0 Å². The molecule has 0 aliphatic carbocycles. The van der Waals surface area contributed by atoms with E-state index in [0.717, 1.165) is 29.7 Å². The molecule has 0 radical (unpaired) electrons. The SMILES string of the molecule is Cc1ccc(CCCNC(=O)C(C)Oc2cc(C)ccc2C)cc1. The number of carbonyl (C=O) groups is 1. The van der Waals surface area contributed by atoms with Crippen molar-refractivity contribution < 1.29 is 9.53 Å². The number of rotatable bonds is 7. The van der Waals surface area contributed by atoms with E-state index in [1.165, 1.54) is 11.1 Å². The molecule has 1 amide bonds. The Balaban J connectivity index is 1.75. The lowest BCUT2D eigenvalue weighted by Crippen LogP contribution is -2.37. The van der Waals surface area contributed by atoms with Crippen LogP contribution in [0.2, 0.25) is 0 Å². The number of aryl methyl sites for hydroxylation is 4. The average Bonchev–Trinajstić information content (AvgIpc) is 2.56. The highest BCUT2D eigenvalue weighted by Gasteiger charge is 2.15. The second kappa shape index (κ2) is 8.53. The summed E-state index contributed by atoms with van der Waals surface area (Å²) in [5.41, 5.74) is 4.74. The van der Waals surface area contributed by atoms with Gasteiger partial charge in [0.25, 0.3) is 5.91 Å². The molecule has 3 heteroatoms. The van der Waals surface area contributed by atoms with Gasteiger partial charge in [-0.15, -0.1) is 0 Å². The summed E-state index contributed by atoms with van der Waals surface area (Å²) in [6, 6.07) is 14.5. The molecule has 1 atom stereocenters. The van der Waals surface area contributed by atoms with E-state index in [9.17, 15) is 4.79 Å². The lowest BCUT2D eigenvalue weighted by atomic mass is 10.1. The van der Waals surface area contributed by atoms with Gasteiger partial charge in [0.1, 0.15) is 5.75 Å². The summed E-state index contributed by atoms with van der Waals surface area (Å²) in [5.74, 6) is 0.706. The molecule has 0 aromatic heterocycles. The Morgan fingerprint density at radius 1 is 1.04 bits per heavy atom. The van der Waals surface area contributed by atoms with Crippen molar-refractivity contribution in [1.82, 2.24) is 5.32 Å². The van der Waals surface area contributed by atoms with Crippen LogP contribution in [0.3, 0.4) is 0 Å². The minimum Gasteiger partial charge on any atom is -0.481 e. The Morgan fingerprint density at radius 2 is 1.71 bits per heavy atom. The van der Waals surface area contributed by atoms with Crippen LogP contribution in [0, 0.1) is 20.8 Å². The fraction of sp³-hybridized carbons (Fsp3) is 0.381. The maximum Gasteiger partial charge on any atom is 0.260 e. The average molecular weight is 325 g/mol. The van der Waals surface area contributed by atoms with Crippen molar-refractivity contribution in [3.05, 3.63) is 64.7 Å². The lowest BCUT2D eigenvalue weighted by molar-refractivity contribution is -0.127. The molecular formula is C21H27NO2. The van der Waals surface area contributed by atoms with Crippen molar-refractivity contribution in [2.24, 2.45) is 0 Å². The van der Waals surface area contributed by atoms with Gasteiger partial charge >= 0.3 is 0 Å². The Morgan fingerprint density at radius 3 is 2.42 bits per heavy atom. The fourth-order valence-electron chi connectivity index (χ4n) is 2.48. The van der Waals surface area contributed by atoms with Crippen molar-refractivity contribution in [3.63, 3.8) is 0 Å². The molecule has 2 aromatic carbocycles. The summed E-state index contributed by atoms with van der Waals surface area (Å²) in [6.45, 7) is 8.54. The number of hydrogen-bond acceptors (Lipinski definition) is 2. The normalized spacial score (nSPS) is 11.8. The molecule has 24 heavy (non-hydrogen) atoms. The summed E-state index contributed by atoms with van der Waals surface area (Å²) in [4.78, 5) is 12.2. The second-order valence-electron chi connectivity index (χ2n) is 6.41. The largest absolute Gasteiger partial charge is 0.481 e. The van der Waals surface area contributed by atoms with E-state index in [0.29, 0.717) is 6.54 Å². The molecule has 2 rings (SSSR count). The smallest absolute Gasteiger partial charge is 0.260 e. The molecular weight excluding hydrogens is 298 g/mol. The van der Waals surface area contributed by atoms with Gasteiger partial charge in [0.05, 0.1) is 0 Å². The van der Waals surface area contributed by atoms with E-state index in [4.69, 9.17) is 4.74 Å². The monoisotopic (exact) mass is 325 g/mol. The van der Waals surface area contributed by atoms with E-state index in [1.54, 1.807) is 6.92 Å². The maximum atomic E-state index is 12.2. The minimum atomic E-state index is -0.495. The predicted octanol–water partition coefficient (Wildman–Crippen LogP) is 4.13. The van der Waals surface area contributed by atoms with Gasteiger partial charge in [-0.05, 0) is 63.3 Å². The zero-order chi connectivity index (χ0) is 17.5. The number of benzene rings is 2. The Labute approximate surface area is 145 Å². The van der Waals surface area contributed by atoms with Gasteiger partial charge in [-0.25, -0.2) is 0 Å². The Kier molecular flexibility index (Phi) is 6.42. The number of hydrogen-bond donors (Lipinski definition) is 1. The molecule has 0 saturated heterocycles. The van der Waals surface area contributed by atoms with E-state index in [2.05, 4.69) is 36.5 Å². The van der Waals surface area contributed by atoms with Gasteiger partial charge in [0.15, 0.2) is 6.10 Å². The summed E-state index contributed by atoms with van der Waals surface area (Å²) in [5, 5.41) is 2.95. The molecule has 0 fully saturated rings. The van der Waals surface area contributed by atoms with Gasteiger partial charge in [0.2, 0.25) is 0 Å². The molecule has 0 spiro atoms. The lowest BCUT2D eigenvalue weighted by Gasteiger charge is -2.16. The number of ether oxygens (including phenoxy) is 1. The van der Waals surface area contributed by atoms with Crippen LogP contribution in [0.15, 0.2) is 42.5 Å². The zero-order valence-electron chi connectivity index (χ0n) is 15.1. The Bertz CT molecular complexity index is 677. The first-order valence-corrected chi connectivity index (χ1v) is 8.53. The first kappa shape index (κ1) is 18.1. The van der Waals surface area contributed by atoms with Crippen LogP contribution in [-0.4, -0.2) is 18.6 Å². The summed E-state index contributed by atoms with van der Waals surface area (Å²) in [6.07, 6.45) is 1.39. The fourth-order valence-corrected chi connectivity index (χ4v) is 2.48. The van der Waals surface area contributed by atoms with Crippen LogP contribution in [0.25, 0.3) is 0 Å². The van der Waals surface area contributed by atoms with Crippen LogP contribution >= 0.6 is 0 Å². The quantitative estimate of drug-likeness (QED) is 0.777. The van der Waals surface area contributed by atoms with Crippen molar-refractivity contribution in [2.75, 3.05) is 6.54 Å². The topological polar surface area (TPSA) is 38.3 Å². The second-order valence-corrected chi connectivity index (χ2v) is 6.41. The number of amides is 1. The van der Waals surface area contributed by atoms with E-state index >= 15 is 0 Å². The molecule has 128 valence electrons. The summed E-state index contributed by atoms with van der Waals surface area (Å²) in [7, 11) is 0. The molecule has 1 N–H and O–H groups in total. The van der Waals surface area contributed by atoms with Crippen LogP contribution in [0.1, 0.15) is 35.6 Å². The maximum absolute atomic E-state index is 12.2. The third kappa shape index (κ3) is 5.41. The highest BCUT2D eigenvalue weighted by molar-refractivity contribution is 5.80. The zero-order valence-corrected chi connectivity index (χ0v) is 15.1. The first-order valence-electron chi connectivity index (χ1n) is 8.53. The molecule has 0 aliphatic rings. The van der Waals surface area contributed by atoms with Crippen LogP contribution in [0.5, 0.6) is 5.75 Å². The third-order valence-electron chi connectivity index (χ3n) is 4.08. The van der Waals surface area contributed by atoms with Crippen molar-refractivity contribution in [1.29, 1.82) is 0 Å². The number of nitrogens with one attached hydrogen (secondary N) is 1. The van der Waals surface area contributed by atoms with Gasteiger partial charge in [-0.2, -0.15) is 0 Å². The summed E-state index contributed by atoms with van der Waals surface area (Å²) < 4.78 is 5.80. The van der Waals surface area contributed by atoms with Crippen molar-refractivity contribution >= 4 is 5.91 Å². The van der Waals surface area contributed by atoms with Crippen molar-refractivity contribution in [2.45, 2.75) is 46.6 Å². The molecule has 2 aromatic rings. The molecule has 0 bridgehead atoms. The van der Waals surface area contributed by atoms with Crippen LogP contribution in [-0.2, 0) is 11.2 Å². The predicted molar refractivity (Wildman–Crippen MR) is 98.5 cm³/mol. The molecule has 0 heterocycles. The Hall–Kier alpha value is -2.29. The highest BCUT2D eigenvalue weighted by atomic mass is 16.5. The third-order valence-corrected chi connectivity index (χ3v) is 4.08. The highest BCUT2D eigenvalue weighted by Crippen LogP contribution is 2.20. The van der Waals surface area contributed by atoms with E-state index in [-0.39, 0.29) is 5.91 Å². The van der Waals surface area contributed by atoms with Gasteiger partial charge in [0, 0.05) is 6.54 Å². The van der Waals surface area contributed by atoms with Gasteiger partial charge in [-0.3, -0.25) is 4.79 Å². The molecule has 1 unspecified atom stereocenters.